The Morgan fingerprint density at radius 2 is 1.94 bits per heavy atom. The zero-order chi connectivity index (χ0) is 24.1. The predicted molar refractivity (Wildman–Crippen MR) is 138 cm³/mol. The highest BCUT2D eigenvalue weighted by atomic mass is 32.1. The number of aromatic nitrogens is 1. The van der Waals surface area contributed by atoms with Crippen LogP contribution >= 0.6 is 11.3 Å². The second-order valence-electron chi connectivity index (χ2n) is 9.78. The van der Waals surface area contributed by atoms with Crippen molar-refractivity contribution in [1.82, 2.24) is 15.2 Å². The minimum absolute atomic E-state index is 0.0816. The van der Waals surface area contributed by atoms with Gasteiger partial charge in [-0.05, 0) is 43.5 Å². The molecule has 0 radical (unpaired) electrons. The minimum Gasteiger partial charge on any atom is -0.378 e. The Bertz CT molecular complexity index is 1300. The number of ether oxygens (including phenoxy) is 1. The third kappa shape index (κ3) is 3.93. The van der Waals surface area contributed by atoms with Crippen molar-refractivity contribution in [3.63, 3.8) is 0 Å². The lowest BCUT2D eigenvalue weighted by atomic mass is 9.90. The number of hydrogen-bond acceptors (Lipinski definition) is 7. The Labute approximate surface area is 209 Å². The third-order valence-corrected chi connectivity index (χ3v) is 8.66. The summed E-state index contributed by atoms with van der Waals surface area (Å²) in [6.45, 7) is 5.30. The number of nitrogens with one attached hydrogen (secondary N) is 1. The molecule has 3 aliphatic rings. The summed E-state index contributed by atoms with van der Waals surface area (Å²) >= 11 is 1.64. The van der Waals surface area contributed by atoms with Crippen LogP contribution in [0.25, 0.3) is 21.3 Å². The zero-order valence-corrected chi connectivity index (χ0v) is 21.0. The molecule has 1 aromatic carbocycles. The molecule has 0 bridgehead atoms. The quantitative estimate of drug-likeness (QED) is 0.551. The Kier molecular flexibility index (Phi) is 5.82. The fourth-order valence-corrected chi connectivity index (χ4v) is 7.03. The van der Waals surface area contributed by atoms with Crippen molar-refractivity contribution in [2.75, 3.05) is 31.6 Å². The number of rotatable bonds is 5. The average molecular weight is 491 g/mol. The number of hydrogen-bond donors (Lipinski definition) is 1. The molecule has 5 heterocycles. The number of carbonyl (C=O) groups excluding carboxylic acids is 2. The van der Waals surface area contributed by atoms with Gasteiger partial charge in [0.15, 0.2) is 0 Å². The van der Waals surface area contributed by atoms with Crippen LogP contribution in [0.3, 0.4) is 0 Å². The van der Waals surface area contributed by atoms with E-state index in [1.54, 1.807) is 18.4 Å². The highest BCUT2D eigenvalue weighted by Gasteiger charge is 2.36. The van der Waals surface area contributed by atoms with Gasteiger partial charge in [-0.15, -0.1) is 11.3 Å². The van der Waals surface area contributed by atoms with Crippen molar-refractivity contribution in [3.8, 4) is 11.1 Å². The third-order valence-electron chi connectivity index (χ3n) is 7.52. The zero-order valence-electron chi connectivity index (χ0n) is 20.2. The SMILES string of the molecule is CO[C@@H]1CNC[C@H]1N1CCCc2cc(C)cc(-c3ccnc4cc(CN5C(=O)CCC5=O)sc34)c21. The number of methoxy groups -OCH3 is 1. The highest BCUT2D eigenvalue weighted by molar-refractivity contribution is 7.19. The Hall–Kier alpha value is -2.81. The molecule has 6 rings (SSSR count). The van der Waals surface area contributed by atoms with E-state index in [0.717, 1.165) is 53.1 Å². The summed E-state index contributed by atoms with van der Waals surface area (Å²) in [5, 5.41) is 3.51. The molecule has 8 heteroatoms. The fourth-order valence-electron chi connectivity index (χ4n) is 5.90. The summed E-state index contributed by atoms with van der Waals surface area (Å²) in [5.41, 5.74) is 7.26. The van der Waals surface area contributed by atoms with E-state index >= 15 is 0 Å². The van der Waals surface area contributed by atoms with Crippen molar-refractivity contribution >= 4 is 39.1 Å². The van der Waals surface area contributed by atoms with Gasteiger partial charge in [-0.1, -0.05) is 11.6 Å². The standard InChI is InChI=1S/C27H30N4O3S/c1-16-10-17-4-3-9-30(22-13-28-14-23(22)34-2)26(17)20(11-16)19-7-8-29-21-12-18(35-27(19)21)15-31-24(32)5-6-25(31)33/h7-8,10-12,22-23,28H,3-6,9,13-15H2,1-2H3/t22-,23-/m1/s1. The first-order valence-electron chi connectivity index (χ1n) is 12.4. The number of benzene rings is 1. The van der Waals surface area contributed by atoms with Gasteiger partial charge in [-0.3, -0.25) is 19.5 Å². The second kappa shape index (κ2) is 9.00. The van der Waals surface area contributed by atoms with Crippen LogP contribution < -0.4 is 10.2 Å². The Morgan fingerprint density at radius 3 is 2.74 bits per heavy atom. The van der Waals surface area contributed by atoms with Gasteiger partial charge in [0, 0.05) is 67.5 Å². The van der Waals surface area contributed by atoms with Crippen LogP contribution in [0.4, 0.5) is 5.69 Å². The molecule has 3 aromatic rings. The highest BCUT2D eigenvalue weighted by Crippen LogP contribution is 2.44. The van der Waals surface area contributed by atoms with Gasteiger partial charge in [0.1, 0.15) is 0 Å². The van der Waals surface area contributed by atoms with Crippen LogP contribution in [-0.2, 0) is 27.3 Å². The van der Waals surface area contributed by atoms with Gasteiger partial charge >= 0.3 is 0 Å². The molecule has 0 aliphatic carbocycles. The number of carbonyl (C=O) groups is 2. The number of thiophene rings is 1. The molecule has 2 aromatic heterocycles. The summed E-state index contributed by atoms with van der Waals surface area (Å²) < 4.78 is 6.95. The molecule has 2 amide bonds. The van der Waals surface area contributed by atoms with E-state index in [1.165, 1.54) is 27.3 Å². The monoisotopic (exact) mass is 490 g/mol. The first kappa shape index (κ1) is 22.6. The van der Waals surface area contributed by atoms with Crippen LogP contribution in [-0.4, -0.2) is 60.6 Å². The van der Waals surface area contributed by atoms with Gasteiger partial charge in [0.05, 0.1) is 28.9 Å². The van der Waals surface area contributed by atoms with E-state index in [9.17, 15) is 9.59 Å². The van der Waals surface area contributed by atoms with Crippen molar-refractivity contribution in [2.45, 2.75) is 51.3 Å². The molecular formula is C27H30N4O3S. The van der Waals surface area contributed by atoms with Gasteiger partial charge in [0.25, 0.3) is 0 Å². The summed E-state index contributed by atoms with van der Waals surface area (Å²) in [6, 6.07) is 9.06. The largest absolute Gasteiger partial charge is 0.378 e. The van der Waals surface area contributed by atoms with Crippen LogP contribution in [0, 0.1) is 6.92 Å². The van der Waals surface area contributed by atoms with E-state index in [4.69, 9.17) is 4.74 Å². The average Bonchev–Trinajstić information content (AvgIpc) is 3.57. The molecule has 3 aliphatic heterocycles. The Morgan fingerprint density at radius 1 is 1.11 bits per heavy atom. The number of pyridine rings is 1. The maximum Gasteiger partial charge on any atom is 0.230 e. The van der Waals surface area contributed by atoms with Gasteiger partial charge in [-0.2, -0.15) is 0 Å². The van der Waals surface area contributed by atoms with Gasteiger partial charge in [0.2, 0.25) is 11.8 Å². The normalized spacial score (nSPS) is 22.5. The minimum atomic E-state index is -0.0816. The van der Waals surface area contributed by atoms with Crippen LogP contribution in [0.1, 0.15) is 35.3 Å². The second-order valence-corrected chi connectivity index (χ2v) is 10.9. The van der Waals surface area contributed by atoms with E-state index in [0.29, 0.717) is 25.4 Å². The summed E-state index contributed by atoms with van der Waals surface area (Å²) in [5.74, 6) is -0.163. The van der Waals surface area contributed by atoms with Crippen LogP contribution in [0.15, 0.2) is 30.5 Å². The van der Waals surface area contributed by atoms with Crippen LogP contribution in [0.2, 0.25) is 0 Å². The molecular weight excluding hydrogens is 460 g/mol. The van der Waals surface area contributed by atoms with E-state index in [1.807, 2.05) is 12.3 Å². The van der Waals surface area contributed by atoms with Gasteiger partial charge in [-0.25, -0.2) is 0 Å². The van der Waals surface area contributed by atoms with E-state index in [2.05, 4.69) is 40.3 Å². The van der Waals surface area contributed by atoms with Crippen molar-refractivity contribution in [3.05, 3.63) is 46.5 Å². The summed E-state index contributed by atoms with van der Waals surface area (Å²) in [7, 11) is 1.81. The molecule has 7 nitrogen and oxygen atoms in total. The number of likely N-dealkylation sites (tertiary alicyclic amines) is 1. The van der Waals surface area contributed by atoms with E-state index < -0.39 is 0 Å². The molecule has 35 heavy (non-hydrogen) atoms. The summed E-state index contributed by atoms with van der Waals surface area (Å²) in [6.07, 6.45) is 4.87. The molecule has 0 saturated carbocycles. The smallest absolute Gasteiger partial charge is 0.230 e. The topological polar surface area (TPSA) is 74.8 Å². The van der Waals surface area contributed by atoms with Crippen molar-refractivity contribution < 1.29 is 14.3 Å². The van der Waals surface area contributed by atoms with Crippen molar-refractivity contribution in [1.29, 1.82) is 0 Å². The molecule has 0 unspecified atom stereocenters. The lowest BCUT2D eigenvalue weighted by molar-refractivity contribution is -0.138. The summed E-state index contributed by atoms with van der Waals surface area (Å²) in [4.78, 5) is 33.9. The first-order valence-corrected chi connectivity index (χ1v) is 13.2. The number of fused-ring (bicyclic) bond motifs is 2. The lowest BCUT2D eigenvalue weighted by Crippen LogP contribution is -2.46. The first-order chi connectivity index (χ1) is 17.0. The number of imide groups is 1. The Balaban J connectivity index is 1.45. The molecule has 2 atom stereocenters. The molecule has 2 fully saturated rings. The number of anilines is 1. The number of amides is 2. The maximum absolute atomic E-state index is 12.2. The fraction of sp³-hybridized carbons (Fsp3) is 0.444. The molecule has 0 spiro atoms. The van der Waals surface area contributed by atoms with E-state index in [-0.39, 0.29) is 17.9 Å². The van der Waals surface area contributed by atoms with Crippen molar-refractivity contribution in [2.24, 2.45) is 0 Å². The molecule has 2 saturated heterocycles. The predicted octanol–water partition coefficient (Wildman–Crippen LogP) is 3.66. The van der Waals surface area contributed by atoms with Gasteiger partial charge < -0.3 is 15.0 Å². The maximum atomic E-state index is 12.2. The lowest BCUT2D eigenvalue weighted by Gasteiger charge is -2.39. The number of nitrogens with zero attached hydrogens (tertiary/aromatic N) is 3. The van der Waals surface area contributed by atoms with Crippen LogP contribution in [0.5, 0.6) is 0 Å². The molecule has 1 N–H and O–H groups in total. The molecule has 182 valence electrons. The number of aryl methyl sites for hydroxylation is 2.